The zero-order valence-corrected chi connectivity index (χ0v) is 13.3. The number of hydrogen-bond donors (Lipinski definition) is 1. The molecule has 1 heterocycles. The number of benzene rings is 1. The molecule has 1 fully saturated rings. The van der Waals surface area contributed by atoms with Crippen molar-refractivity contribution in [1.82, 2.24) is 14.5 Å². The van der Waals surface area contributed by atoms with Crippen molar-refractivity contribution in [2.75, 3.05) is 5.75 Å². The van der Waals surface area contributed by atoms with Gasteiger partial charge in [-0.2, -0.15) is 5.10 Å². The predicted octanol–water partition coefficient (Wildman–Crippen LogP) is 1.89. The molecule has 2 atom stereocenters. The number of alkyl halides is 2. The van der Waals surface area contributed by atoms with E-state index in [-0.39, 0.29) is 6.54 Å². The Kier molecular flexibility index (Phi) is 3.97. The van der Waals surface area contributed by atoms with Crippen LogP contribution in [0.2, 0.25) is 0 Å². The van der Waals surface area contributed by atoms with Crippen LogP contribution in [0, 0.1) is 5.92 Å². The minimum Gasteiger partial charge on any atom is -0.275 e. The Bertz CT molecular complexity index is 790. The summed E-state index contributed by atoms with van der Waals surface area (Å²) in [5.74, 6) is -5.78. The summed E-state index contributed by atoms with van der Waals surface area (Å²) in [6.45, 7) is 0.0461. The van der Waals surface area contributed by atoms with Crippen LogP contribution in [0.25, 0.3) is 0 Å². The predicted molar refractivity (Wildman–Crippen MR) is 81.5 cm³/mol. The normalized spacial score (nSPS) is 22.9. The second-order valence-corrected chi connectivity index (χ2v) is 7.65. The van der Waals surface area contributed by atoms with Gasteiger partial charge in [0.15, 0.2) is 0 Å². The summed E-state index contributed by atoms with van der Waals surface area (Å²) in [5.41, 5.74) is 1.16. The van der Waals surface area contributed by atoms with Crippen molar-refractivity contribution in [3.05, 3.63) is 53.9 Å². The van der Waals surface area contributed by atoms with Crippen LogP contribution >= 0.6 is 0 Å². The molecule has 5 nitrogen and oxygen atoms in total. The SMILES string of the molecule is Cn1cc(CNS(=O)(=O)C[C@@H]2[C@@H](c3ccccc3)C2(F)F)cn1. The Labute approximate surface area is 133 Å². The number of aromatic nitrogens is 2. The molecular weight excluding hydrogens is 324 g/mol. The molecule has 0 spiro atoms. The van der Waals surface area contributed by atoms with Crippen LogP contribution in [0.15, 0.2) is 42.7 Å². The maximum absolute atomic E-state index is 13.9. The second kappa shape index (κ2) is 5.68. The van der Waals surface area contributed by atoms with Crippen molar-refractivity contribution in [3.63, 3.8) is 0 Å². The third kappa shape index (κ3) is 3.42. The second-order valence-electron chi connectivity index (χ2n) is 5.79. The lowest BCUT2D eigenvalue weighted by Crippen LogP contribution is -2.27. The summed E-state index contributed by atoms with van der Waals surface area (Å²) < 4.78 is 55.9. The molecule has 0 aliphatic heterocycles. The average molecular weight is 341 g/mol. The van der Waals surface area contributed by atoms with Gasteiger partial charge in [0.2, 0.25) is 10.0 Å². The van der Waals surface area contributed by atoms with Gasteiger partial charge in [0.05, 0.1) is 23.8 Å². The number of nitrogens with one attached hydrogen (secondary N) is 1. The maximum atomic E-state index is 13.9. The van der Waals surface area contributed by atoms with E-state index in [4.69, 9.17) is 0 Å². The van der Waals surface area contributed by atoms with E-state index in [0.29, 0.717) is 11.1 Å². The molecule has 3 rings (SSSR count). The quantitative estimate of drug-likeness (QED) is 0.873. The van der Waals surface area contributed by atoms with E-state index < -0.39 is 33.5 Å². The molecule has 1 N–H and O–H groups in total. The van der Waals surface area contributed by atoms with E-state index >= 15 is 0 Å². The highest BCUT2D eigenvalue weighted by molar-refractivity contribution is 7.89. The first-order valence-electron chi connectivity index (χ1n) is 7.17. The monoisotopic (exact) mass is 341 g/mol. The van der Waals surface area contributed by atoms with E-state index in [1.54, 1.807) is 48.3 Å². The average Bonchev–Trinajstić information content (AvgIpc) is 2.82. The van der Waals surface area contributed by atoms with Gasteiger partial charge in [-0.3, -0.25) is 4.68 Å². The summed E-state index contributed by atoms with van der Waals surface area (Å²) in [7, 11) is -2.07. The number of halogens is 2. The van der Waals surface area contributed by atoms with Gasteiger partial charge in [-0.05, 0) is 5.56 Å². The smallest absolute Gasteiger partial charge is 0.260 e. The first-order chi connectivity index (χ1) is 10.8. The van der Waals surface area contributed by atoms with E-state index in [0.717, 1.165) is 0 Å². The number of nitrogens with zero attached hydrogens (tertiary/aromatic N) is 2. The van der Waals surface area contributed by atoms with Gasteiger partial charge in [-0.15, -0.1) is 0 Å². The van der Waals surface area contributed by atoms with Crippen LogP contribution in [-0.2, 0) is 23.6 Å². The van der Waals surface area contributed by atoms with Crippen molar-refractivity contribution < 1.29 is 17.2 Å². The Hall–Kier alpha value is -1.80. The Balaban J connectivity index is 1.64. The fourth-order valence-electron chi connectivity index (χ4n) is 2.76. The van der Waals surface area contributed by atoms with Crippen LogP contribution in [0.3, 0.4) is 0 Å². The van der Waals surface area contributed by atoms with Gasteiger partial charge in [-0.25, -0.2) is 21.9 Å². The molecular formula is C15H17F2N3O2S. The zero-order chi connectivity index (χ0) is 16.7. The molecule has 1 aromatic carbocycles. The Morgan fingerprint density at radius 3 is 2.61 bits per heavy atom. The van der Waals surface area contributed by atoms with Crippen molar-refractivity contribution in [3.8, 4) is 0 Å². The van der Waals surface area contributed by atoms with Crippen LogP contribution in [0.1, 0.15) is 17.0 Å². The molecule has 1 aliphatic carbocycles. The lowest BCUT2D eigenvalue weighted by Gasteiger charge is -2.04. The summed E-state index contributed by atoms with van der Waals surface area (Å²) in [5, 5.41) is 3.93. The standard InChI is InChI=1S/C15H17F2N3O2S/c1-20-9-11(7-18-20)8-19-23(21,22)10-13-14(15(13,16)17)12-5-3-2-4-6-12/h2-7,9,13-14,19H,8,10H2,1H3/t13-,14-/m1/s1. The molecule has 0 radical (unpaired) electrons. The van der Waals surface area contributed by atoms with Crippen LogP contribution in [0.5, 0.6) is 0 Å². The molecule has 2 aromatic rings. The largest absolute Gasteiger partial charge is 0.275 e. The third-order valence-corrected chi connectivity index (χ3v) is 5.40. The summed E-state index contributed by atoms with van der Waals surface area (Å²) in [6, 6.07) is 8.31. The number of sulfonamides is 1. The van der Waals surface area contributed by atoms with Gasteiger partial charge in [0.1, 0.15) is 0 Å². The maximum Gasteiger partial charge on any atom is 0.260 e. The molecule has 0 saturated heterocycles. The molecule has 0 unspecified atom stereocenters. The first-order valence-corrected chi connectivity index (χ1v) is 8.82. The molecule has 1 aromatic heterocycles. The summed E-state index contributed by atoms with van der Waals surface area (Å²) in [6.07, 6.45) is 3.20. The van der Waals surface area contributed by atoms with E-state index in [1.807, 2.05) is 0 Å². The highest BCUT2D eigenvalue weighted by atomic mass is 32.2. The van der Waals surface area contributed by atoms with Crippen LogP contribution in [-0.4, -0.2) is 29.9 Å². The molecule has 1 aliphatic rings. The minimum absolute atomic E-state index is 0.0461. The van der Waals surface area contributed by atoms with Crippen molar-refractivity contribution >= 4 is 10.0 Å². The lowest BCUT2D eigenvalue weighted by atomic mass is 10.1. The van der Waals surface area contributed by atoms with E-state index in [9.17, 15) is 17.2 Å². The van der Waals surface area contributed by atoms with Crippen molar-refractivity contribution in [1.29, 1.82) is 0 Å². The topological polar surface area (TPSA) is 64.0 Å². The molecule has 0 bridgehead atoms. The number of rotatable bonds is 6. The van der Waals surface area contributed by atoms with Gasteiger partial charge >= 0.3 is 0 Å². The summed E-state index contributed by atoms with van der Waals surface area (Å²) >= 11 is 0. The highest BCUT2D eigenvalue weighted by Crippen LogP contribution is 2.61. The molecule has 23 heavy (non-hydrogen) atoms. The minimum atomic E-state index is -3.79. The molecule has 1 saturated carbocycles. The van der Waals surface area contributed by atoms with Crippen LogP contribution < -0.4 is 4.72 Å². The highest BCUT2D eigenvalue weighted by Gasteiger charge is 2.69. The van der Waals surface area contributed by atoms with Gasteiger partial charge in [-0.1, -0.05) is 30.3 Å². The van der Waals surface area contributed by atoms with Gasteiger partial charge in [0.25, 0.3) is 5.92 Å². The van der Waals surface area contributed by atoms with Crippen molar-refractivity contribution in [2.24, 2.45) is 13.0 Å². The van der Waals surface area contributed by atoms with Gasteiger partial charge < -0.3 is 0 Å². The molecule has 124 valence electrons. The fraction of sp³-hybridized carbons (Fsp3) is 0.400. The Morgan fingerprint density at radius 1 is 1.30 bits per heavy atom. The number of aryl methyl sites for hydroxylation is 1. The third-order valence-electron chi connectivity index (χ3n) is 4.01. The summed E-state index contributed by atoms with van der Waals surface area (Å²) in [4.78, 5) is 0. The first kappa shape index (κ1) is 16.1. The fourth-order valence-corrected chi connectivity index (χ4v) is 4.16. The van der Waals surface area contributed by atoms with Crippen molar-refractivity contribution in [2.45, 2.75) is 18.4 Å². The number of hydrogen-bond acceptors (Lipinski definition) is 3. The van der Waals surface area contributed by atoms with Crippen LogP contribution in [0.4, 0.5) is 8.78 Å². The molecule has 8 heteroatoms. The molecule has 0 amide bonds. The zero-order valence-electron chi connectivity index (χ0n) is 12.5. The van der Waals surface area contributed by atoms with E-state index in [1.165, 1.54) is 6.20 Å². The van der Waals surface area contributed by atoms with Gasteiger partial charge in [0, 0.05) is 25.4 Å². The lowest BCUT2D eigenvalue weighted by molar-refractivity contribution is 0.0967. The Morgan fingerprint density at radius 2 is 2.00 bits per heavy atom. The van der Waals surface area contributed by atoms with E-state index in [2.05, 4.69) is 9.82 Å².